The highest BCUT2D eigenvalue weighted by Gasteiger charge is 2.39. The van der Waals surface area contributed by atoms with Gasteiger partial charge in [0.25, 0.3) is 5.78 Å². The van der Waals surface area contributed by atoms with Crippen molar-refractivity contribution in [3.63, 3.8) is 0 Å². The van der Waals surface area contributed by atoms with Crippen LogP contribution in [0.4, 0.5) is 13.2 Å². The summed E-state index contributed by atoms with van der Waals surface area (Å²) in [4.78, 5) is 11.2. The van der Waals surface area contributed by atoms with Crippen molar-refractivity contribution in [2.24, 2.45) is 0 Å². The first-order chi connectivity index (χ1) is 7.77. The molecule has 2 nitrogen and oxygen atoms in total. The summed E-state index contributed by atoms with van der Waals surface area (Å²) in [6, 6.07) is 2.17. The number of ketones is 1. The molecule has 0 N–H and O–H groups in total. The molecular formula is C10H7BrClF3O2. The fourth-order valence-corrected chi connectivity index (χ4v) is 1.68. The molecule has 0 atom stereocenters. The first-order valence-electron chi connectivity index (χ1n) is 4.50. The second-order valence-electron chi connectivity index (χ2n) is 3.03. The van der Waals surface area contributed by atoms with E-state index in [1.165, 1.54) is 6.07 Å². The van der Waals surface area contributed by atoms with Crippen LogP contribution in [-0.4, -0.2) is 17.8 Å². The fourth-order valence-electron chi connectivity index (χ4n) is 1.14. The van der Waals surface area contributed by atoms with Crippen LogP contribution in [0, 0.1) is 5.82 Å². The number of rotatable bonds is 4. The van der Waals surface area contributed by atoms with Crippen molar-refractivity contribution in [1.29, 1.82) is 0 Å². The van der Waals surface area contributed by atoms with Gasteiger partial charge in [-0.15, -0.1) is 0 Å². The Morgan fingerprint density at radius 3 is 2.59 bits per heavy atom. The van der Waals surface area contributed by atoms with Crippen molar-refractivity contribution in [2.75, 3.05) is 6.61 Å². The lowest BCUT2D eigenvalue weighted by molar-refractivity contribution is 0.0530. The van der Waals surface area contributed by atoms with Crippen LogP contribution in [0.5, 0.6) is 5.75 Å². The van der Waals surface area contributed by atoms with E-state index in [0.29, 0.717) is 0 Å². The number of alkyl halides is 3. The Morgan fingerprint density at radius 2 is 2.12 bits per heavy atom. The van der Waals surface area contributed by atoms with Crippen LogP contribution in [0.2, 0.25) is 0 Å². The van der Waals surface area contributed by atoms with Gasteiger partial charge in [-0.2, -0.15) is 8.78 Å². The topological polar surface area (TPSA) is 26.3 Å². The number of carbonyl (C=O) groups excluding carboxylic acids is 1. The van der Waals surface area contributed by atoms with E-state index < -0.39 is 22.5 Å². The van der Waals surface area contributed by atoms with Crippen molar-refractivity contribution < 1.29 is 22.7 Å². The predicted octanol–water partition coefficient (Wildman–Crippen LogP) is 4.00. The van der Waals surface area contributed by atoms with Gasteiger partial charge in [0.1, 0.15) is 0 Å². The molecule has 0 fully saturated rings. The zero-order chi connectivity index (χ0) is 13.2. The quantitative estimate of drug-likeness (QED) is 0.616. The molecule has 0 heterocycles. The van der Waals surface area contributed by atoms with Gasteiger partial charge in [0, 0.05) is 4.47 Å². The molecule has 0 aliphatic heterocycles. The monoisotopic (exact) mass is 330 g/mol. The Hall–Kier alpha value is -0.750. The lowest BCUT2D eigenvalue weighted by Gasteiger charge is -2.11. The maximum atomic E-state index is 13.7. The Morgan fingerprint density at radius 1 is 1.53 bits per heavy atom. The minimum absolute atomic E-state index is 0.137. The van der Waals surface area contributed by atoms with Crippen molar-refractivity contribution in [2.45, 2.75) is 12.3 Å². The molecule has 0 aliphatic rings. The standard InChI is InChI=1S/C10H7BrClF3O2/c1-2-17-7-4-5(11)3-6(8(7)13)9(16)10(12,14)15/h3-4H,2H2,1H3. The van der Waals surface area contributed by atoms with Gasteiger partial charge in [-0.25, -0.2) is 4.39 Å². The van der Waals surface area contributed by atoms with Crippen LogP contribution in [0.15, 0.2) is 16.6 Å². The predicted molar refractivity (Wildman–Crippen MR) is 60.4 cm³/mol. The molecule has 94 valence electrons. The molecule has 1 aromatic rings. The summed E-state index contributed by atoms with van der Waals surface area (Å²) in [5.41, 5.74) is -0.817. The van der Waals surface area contributed by atoms with Gasteiger partial charge in [0.15, 0.2) is 11.6 Å². The molecule has 0 bridgehead atoms. The van der Waals surface area contributed by atoms with Crippen molar-refractivity contribution >= 4 is 33.3 Å². The molecule has 1 rings (SSSR count). The molecule has 17 heavy (non-hydrogen) atoms. The molecule has 0 aliphatic carbocycles. The van der Waals surface area contributed by atoms with Crippen molar-refractivity contribution in [1.82, 2.24) is 0 Å². The molecule has 7 heteroatoms. The SMILES string of the molecule is CCOc1cc(Br)cc(C(=O)C(F)(F)Cl)c1F. The minimum Gasteiger partial charge on any atom is -0.491 e. The third-order valence-electron chi connectivity index (χ3n) is 1.81. The van der Waals surface area contributed by atoms with Gasteiger partial charge in [-0.3, -0.25) is 4.79 Å². The summed E-state index contributed by atoms with van der Waals surface area (Å²) in [5, 5.41) is -4.15. The van der Waals surface area contributed by atoms with Crippen LogP contribution in [0.25, 0.3) is 0 Å². The molecule has 0 amide bonds. The van der Waals surface area contributed by atoms with E-state index in [9.17, 15) is 18.0 Å². The van der Waals surface area contributed by atoms with E-state index in [1.807, 2.05) is 0 Å². The molecule has 1 aromatic carbocycles. The fraction of sp³-hybridized carbons (Fsp3) is 0.300. The Labute approximate surface area is 109 Å². The highest BCUT2D eigenvalue weighted by Crippen LogP contribution is 2.32. The van der Waals surface area contributed by atoms with Crippen LogP contribution in [-0.2, 0) is 0 Å². The largest absolute Gasteiger partial charge is 0.491 e. The normalized spacial score (nSPS) is 11.4. The van der Waals surface area contributed by atoms with Gasteiger partial charge in [0.2, 0.25) is 0 Å². The second kappa shape index (κ2) is 5.27. The van der Waals surface area contributed by atoms with E-state index in [1.54, 1.807) is 6.92 Å². The lowest BCUT2D eigenvalue weighted by atomic mass is 10.1. The maximum absolute atomic E-state index is 13.7. The van der Waals surface area contributed by atoms with Gasteiger partial charge >= 0.3 is 5.38 Å². The summed E-state index contributed by atoms with van der Waals surface area (Å²) in [6.45, 7) is 1.73. The maximum Gasteiger partial charge on any atom is 0.385 e. The number of hydrogen-bond acceptors (Lipinski definition) is 2. The van der Waals surface area contributed by atoms with E-state index in [-0.39, 0.29) is 16.8 Å². The molecular weight excluding hydrogens is 324 g/mol. The summed E-state index contributed by atoms with van der Waals surface area (Å²) in [5.74, 6) is -3.24. The molecule has 0 radical (unpaired) electrons. The van der Waals surface area contributed by atoms with Crippen LogP contribution >= 0.6 is 27.5 Å². The number of benzene rings is 1. The number of ether oxygens (including phenoxy) is 1. The van der Waals surface area contributed by atoms with Gasteiger partial charge < -0.3 is 4.74 Å². The van der Waals surface area contributed by atoms with Gasteiger partial charge in [-0.05, 0) is 30.7 Å². The van der Waals surface area contributed by atoms with Crippen molar-refractivity contribution in [3.8, 4) is 5.75 Å². The summed E-state index contributed by atoms with van der Waals surface area (Å²) < 4.78 is 44.0. The summed E-state index contributed by atoms with van der Waals surface area (Å²) in [6.07, 6.45) is 0. The third-order valence-corrected chi connectivity index (χ3v) is 2.44. The Balaban J connectivity index is 3.29. The minimum atomic E-state index is -4.15. The average Bonchev–Trinajstić information content (AvgIpc) is 2.21. The van der Waals surface area contributed by atoms with E-state index >= 15 is 0 Å². The van der Waals surface area contributed by atoms with Crippen LogP contribution in [0.1, 0.15) is 17.3 Å². The highest BCUT2D eigenvalue weighted by molar-refractivity contribution is 9.10. The molecule has 0 saturated carbocycles. The van der Waals surface area contributed by atoms with Crippen LogP contribution in [0.3, 0.4) is 0 Å². The average molecular weight is 332 g/mol. The molecule has 0 unspecified atom stereocenters. The van der Waals surface area contributed by atoms with Crippen LogP contribution < -0.4 is 4.74 Å². The first kappa shape index (κ1) is 14.3. The van der Waals surface area contributed by atoms with E-state index in [4.69, 9.17) is 4.74 Å². The first-order valence-corrected chi connectivity index (χ1v) is 5.67. The zero-order valence-electron chi connectivity index (χ0n) is 8.57. The zero-order valence-corrected chi connectivity index (χ0v) is 10.9. The number of Topliss-reactive ketones (excluding diaryl/α,β-unsaturated/α-hetero) is 1. The highest BCUT2D eigenvalue weighted by atomic mass is 79.9. The van der Waals surface area contributed by atoms with Gasteiger partial charge in [-0.1, -0.05) is 15.9 Å². The number of carbonyl (C=O) groups is 1. The summed E-state index contributed by atoms with van der Waals surface area (Å²) >= 11 is 7.53. The van der Waals surface area contributed by atoms with Gasteiger partial charge in [0.05, 0.1) is 12.2 Å². The number of hydrogen-bond donors (Lipinski definition) is 0. The third kappa shape index (κ3) is 3.35. The second-order valence-corrected chi connectivity index (χ2v) is 4.42. The smallest absolute Gasteiger partial charge is 0.385 e. The number of halogens is 5. The molecule has 0 aromatic heterocycles. The molecule has 0 spiro atoms. The molecule has 0 saturated heterocycles. The van der Waals surface area contributed by atoms with E-state index in [2.05, 4.69) is 27.5 Å². The van der Waals surface area contributed by atoms with E-state index in [0.717, 1.165) is 6.07 Å². The Bertz CT molecular complexity index is 446. The summed E-state index contributed by atoms with van der Waals surface area (Å²) in [7, 11) is 0. The Kier molecular flexibility index (Phi) is 4.43. The van der Waals surface area contributed by atoms with Crippen molar-refractivity contribution in [3.05, 3.63) is 28.0 Å². The lowest BCUT2D eigenvalue weighted by Crippen LogP contribution is -2.23.